The summed E-state index contributed by atoms with van der Waals surface area (Å²) in [5.74, 6) is -1.25. The van der Waals surface area contributed by atoms with Crippen LogP contribution in [0.4, 0.5) is 10.1 Å². The molecule has 2 heterocycles. The molecule has 1 aromatic heterocycles. The SMILES string of the molecule is Cc1c(F)cccc1C(=O)Nc1cc2c3c(c[nH]c3c1)C=NNC2=O. The fraction of sp³-hybridized carbons (Fsp3) is 0.0556. The Hall–Kier alpha value is -3.48. The summed E-state index contributed by atoms with van der Waals surface area (Å²) < 4.78 is 13.7. The second-order valence-electron chi connectivity index (χ2n) is 5.76. The number of H-pyrrole nitrogens is 1. The minimum Gasteiger partial charge on any atom is -0.360 e. The first-order valence-electron chi connectivity index (χ1n) is 7.59. The van der Waals surface area contributed by atoms with Crippen molar-refractivity contribution in [2.24, 2.45) is 5.10 Å². The molecule has 0 saturated heterocycles. The third-order valence-corrected chi connectivity index (χ3v) is 4.19. The molecule has 4 rings (SSSR count). The molecule has 2 amide bonds. The van der Waals surface area contributed by atoms with E-state index in [1.54, 1.807) is 37.5 Å². The quantitative estimate of drug-likeness (QED) is 0.672. The maximum absolute atomic E-state index is 13.7. The highest BCUT2D eigenvalue weighted by Crippen LogP contribution is 2.27. The van der Waals surface area contributed by atoms with Gasteiger partial charge in [-0.15, -0.1) is 0 Å². The lowest BCUT2D eigenvalue weighted by molar-refractivity contribution is 0.0955. The van der Waals surface area contributed by atoms with Gasteiger partial charge in [-0.25, -0.2) is 9.82 Å². The topological polar surface area (TPSA) is 86.3 Å². The van der Waals surface area contributed by atoms with Crippen molar-refractivity contribution in [3.63, 3.8) is 0 Å². The Morgan fingerprint density at radius 3 is 2.96 bits per heavy atom. The lowest BCUT2D eigenvalue weighted by Gasteiger charge is -2.10. The molecule has 0 saturated carbocycles. The summed E-state index contributed by atoms with van der Waals surface area (Å²) in [6.07, 6.45) is 3.29. The lowest BCUT2D eigenvalue weighted by Crippen LogP contribution is -2.18. The van der Waals surface area contributed by atoms with E-state index in [0.717, 1.165) is 10.9 Å². The summed E-state index contributed by atoms with van der Waals surface area (Å²) in [5, 5.41) is 7.31. The van der Waals surface area contributed by atoms with E-state index in [1.165, 1.54) is 12.1 Å². The van der Waals surface area contributed by atoms with E-state index in [0.29, 0.717) is 16.8 Å². The van der Waals surface area contributed by atoms with Crippen LogP contribution in [0.1, 0.15) is 31.8 Å². The molecule has 0 spiro atoms. The van der Waals surface area contributed by atoms with E-state index in [1.807, 2.05) is 0 Å². The van der Waals surface area contributed by atoms with Gasteiger partial charge in [0.15, 0.2) is 0 Å². The molecule has 25 heavy (non-hydrogen) atoms. The van der Waals surface area contributed by atoms with Crippen LogP contribution in [0.2, 0.25) is 0 Å². The zero-order valence-electron chi connectivity index (χ0n) is 13.2. The monoisotopic (exact) mass is 336 g/mol. The molecule has 0 unspecified atom stereocenters. The van der Waals surface area contributed by atoms with Crippen molar-refractivity contribution >= 4 is 34.6 Å². The second-order valence-corrected chi connectivity index (χ2v) is 5.76. The number of nitrogens with zero attached hydrogens (tertiary/aromatic N) is 1. The number of aromatic amines is 1. The molecule has 0 atom stereocenters. The maximum atomic E-state index is 13.7. The van der Waals surface area contributed by atoms with Crippen LogP contribution in [0.25, 0.3) is 10.9 Å². The first kappa shape index (κ1) is 15.1. The summed E-state index contributed by atoms with van der Waals surface area (Å²) >= 11 is 0. The minimum atomic E-state index is -0.444. The highest BCUT2D eigenvalue weighted by Gasteiger charge is 2.19. The molecule has 7 heteroatoms. The first-order valence-corrected chi connectivity index (χ1v) is 7.59. The van der Waals surface area contributed by atoms with E-state index >= 15 is 0 Å². The standard InChI is InChI=1S/C18H13FN4O2/c1-9-12(3-2-4-14(9)19)17(24)22-11-5-13-16-10(7-20-15(16)6-11)8-21-23-18(13)25/h2-8,20H,1H3,(H,22,24)(H,23,25). The smallest absolute Gasteiger partial charge is 0.272 e. The number of hydrazone groups is 1. The van der Waals surface area contributed by atoms with Gasteiger partial charge < -0.3 is 10.3 Å². The summed E-state index contributed by atoms with van der Waals surface area (Å²) in [5.41, 5.74) is 5.24. The van der Waals surface area contributed by atoms with Crippen LogP contribution >= 0.6 is 0 Å². The number of aromatic nitrogens is 1. The van der Waals surface area contributed by atoms with Gasteiger partial charge in [0, 0.05) is 33.9 Å². The molecule has 0 aliphatic carbocycles. The van der Waals surface area contributed by atoms with Crippen molar-refractivity contribution in [2.45, 2.75) is 6.92 Å². The first-order chi connectivity index (χ1) is 12.0. The average molecular weight is 336 g/mol. The van der Waals surface area contributed by atoms with Crippen molar-refractivity contribution in [2.75, 3.05) is 5.32 Å². The van der Waals surface area contributed by atoms with Gasteiger partial charge in [-0.2, -0.15) is 5.10 Å². The molecule has 2 aromatic carbocycles. The predicted octanol–water partition coefficient (Wildman–Crippen LogP) is 2.95. The van der Waals surface area contributed by atoms with Crippen LogP contribution < -0.4 is 10.7 Å². The third-order valence-electron chi connectivity index (χ3n) is 4.19. The molecule has 1 aliphatic heterocycles. The van der Waals surface area contributed by atoms with Crippen molar-refractivity contribution in [1.29, 1.82) is 0 Å². The highest BCUT2D eigenvalue weighted by atomic mass is 19.1. The number of carbonyl (C=O) groups excluding carboxylic acids is 2. The Kier molecular flexibility index (Phi) is 3.35. The number of rotatable bonds is 2. The largest absolute Gasteiger partial charge is 0.360 e. The number of halogens is 1. The number of anilines is 1. The van der Waals surface area contributed by atoms with E-state index in [4.69, 9.17) is 0 Å². The van der Waals surface area contributed by atoms with E-state index < -0.39 is 11.7 Å². The summed E-state index contributed by atoms with van der Waals surface area (Å²) in [4.78, 5) is 27.7. The Bertz CT molecular complexity index is 1070. The van der Waals surface area contributed by atoms with Gasteiger partial charge in [-0.1, -0.05) is 6.07 Å². The average Bonchev–Trinajstić information content (AvgIpc) is 2.91. The van der Waals surface area contributed by atoms with Gasteiger partial charge in [0.05, 0.1) is 11.8 Å². The lowest BCUT2D eigenvalue weighted by atomic mass is 10.0. The molecule has 6 nitrogen and oxygen atoms in total. The van der Waals surface area contributed by atoms with Crippen molar-refractivity contribution in [3.8, 4) is 0 Å². The number of hydrogen-bond acceptors (Lipinski definition) is 3. The van der Waals surface area contributed by atoms with Crippen molar-refractivity contribution in [1.82, 2.24) is 10.4 Å². The van der Waals surface area contributed by atoms with Gasteiger partial charge in [-0.3, -0.25) is 9.59 Å². The molecule has 124 valence electrons. The highest BCUT2D eigenvalue weighted by molar-refractivity contribution is 6.16. The number of benzene rings is 2. The number of carbonyl (C=O) groups is 2. The summed E-state index contributed by atoms with van der Waals surface area (Å²) in [7, 11) is 0. The number of nitrogens with one attached hydrogen (secondary N) is 3. The molecule has 1 aliphatic rings. The molecular weight excluding hydrogens is 323 g/mol. The number of amides is 2. The van der Waals surface area contributed by atoms with Gasteiger partial charge in [0.2, 0.25) is 0 Å². The molecule has 0 fully saturated rings. The summed E-state index contributed by atoms with van der Waals surface area (Å²) in [6, 6.07) is 7.64. The fourth-order valence-corrected chi connectivity index (χ4v) is 2.92. The molecule has 3 aromatic rings. The minimum absolute atomic E-state index is 0.242. The summed E-state index contributed by atoms with van der Waals surface area (Å²) in [6.45, 7) is 1.55. The Morgan fingerprint density at radius 2 is 2.12 bits per heavy atom. The van der Waals surface area contributed by atoms with Crippen LogP contribution in [0.5, 0.6) is 0 Å². The zero-order valence-corrected chi connectivity index (χ0v) is 13.2. The van der Waals surface area contributed by atoms with Crippen LogP contribution in [-0.4, -0.2) is 23.0 Å². The second kappa shape index (κ2) is 5.55. The van der Waals surface area contributed by atoms with E-state index in [-0.39, 0.29) is 17.0 Å². The van der Waals surface area contributed by atoms with E-state index in [9.17, 15) is 14.0 Å². The normalized spacial score (nSPS) is 12.8. The Morgan fingerprint density at radius 1 is 1.28 bits per heavy atom. The maximum Gasteiger partial charge on any atom is 0.272 e. The third kappa shape index (κ3) is 2.46. The van der Waals surface area contributed by atoms with Gasteiger partial charge >= 0.3 is 0 Å². The van der Waals surface area contributed by atoms with Crippen LogP contribution in [-0.2, 0) is 0 Å². The van der Waals surface area contributed by atoms with Gasteiger partial charge in [0.1, 0.15) is 5.82 Å². The molecule has 0 radical (unpaired) electrons. The molecule has 0 bridgehead atoms. The van der Waals surface area contributed by atoms with Crippen LogP contribution in [0.3, 0.4) is 0 Å². The Labute approximate surface area is 141 Å². The van der Waals surface area contributed by atoms with Crippen LogP contribution in [0.15, 0.2) is 41.6 Å². The zero-order chi connectivity index (χ0) is 17.6. The molecular formula is C18H13FN4O2. The van der Waals surface area contributed by atoms with Crippen molar-refractivity contribution < 1.29 is 14.0 Å². The van der Waals surface area contributed by atoms with Crippen molar-refractivity contribution in [3.05, 3.63) is 64.6 Å². The fourth-order valence-electron chi connectivity index (χ4n) is 2.92. The predicted molar refractivity (Wildman–Crippen MR) is 92.4 cm³/mol. The Balaban J connectivity index is 1.76. The van der Waals surface area contributed by atoms with Gasteiger partial charge in [0.25, 0.3) is 11.8 Å². The van der Waals surface area contributed by atoms with Crippen LogP contribution in [0, 0.1) is 12.7 Å². The van der Waals surface area contributed by atoms with Gasteiger partial charge in [-0.05, 0) is 36.8 Å². The van der Waals surface area contributed by atoms with E-state index in [2.05, 4.69) is 20.8 Å². The molecule has 3 N–H and O–H groups in total. The number of hydrogen-bond donors (Lipinski definition) is 3.